The van der Waals surface area contributed by atoms with E-state index in [-0.39, 0.29) is 5.91 Å². The van der Waals surface area contributed by atoms with Crippen LogP contribution in [0.2, 0.25) is 0 Å². The average Bonchev–Trinajstić information content (AvgIpc) is 2.45. The SMILES string of the molecule is O=C(NCC=CN1CCCCC1)c1ccccc1. The van der Waals surface area contributed by atoms with Gasteiger partial charge in [0.15, 0.2) is 0 Å². The standard InChI is InChI=1S/C15H20N2O/c18-15(14-8-3-1-4-9-14)16-10-7-13-17-11-5-2-6-12-17/h1,3-4,7-9,13H,2,5-6,10-12H2,(H,16,18). The van der Waals surface area contributed by atoms with Crippen molar-refractivity contribution in [3.8, 4) is 0 Å². The highest BCUT2D eigenvalue weighted by molar-refractivity contribution is 5.94. The normalized spacial score (nSPS) is 15.9. The molecule has 1 aromatic carbocycles. The number of amides is 1. The molecule has 1 aromatic rings. The summed E-state index contributed by atoms with van der Waals surface area (Å²) in [5.74, 6) is -0.0149. The largest absolute Gasteiger partial charge is 0.378 e. The predicted octanol–water partition coefficient (Wildman–Crippen LogP) is 2.42. The fraction of sp³-hybridized carbons (Fsp3) is 0.400. The molecule has 0 aromatic heterocycles. The molecule has 1 amide bonds. The number of hydrogen-bond acceptors (Lipinski definition) is 2. The van der Waals surface area contributed by atoms with Gasteiger partial charge in [0.1, 0.15) is 0 Å². The minimum Gasteiger partial charge on any atom is -0.378 e. The van der Waals surface area contributed by atoms with Gasteiger partial charge in [-0.2, -0.15) is 0 Å². The van der Waals surface area contributed by atoms with Gasteiger partial charge in [0.25, 0.3) is 5.91 Å². The second-order valence-electron chi connectivity index (χ2n) is 4.56. The van der Waals surface area contributed by atoms with Crippen LogP contribution in [0, 0.1) is 0 Å². The van der Waals surface area contributed by atoms with Crippen molar-refractivity contribution in [3.05, 3.63) is 48.2 Å². The number of nitrogens with one attached hydrogen (secondary N) is 1. The highest BCUT2D eigenvalue weighted by atomic mass is 16.1. The molecule has 1 heterocycles. The molecule has 3 nitrogen and oxygen atoms in total. The van der Waals surface area contributed by atoms with Crippen LogP contribution in [0.25, 0.3) is 0 Å². The third-order valence-electron chi connectivity index (χ3n) is 3.12. The van der Waals surface area contributed by atoms with Crippen LogP contribution in [-0.2, 0) is 0 Å². The van der Waals surface area contributed by atoms with Crippen molar-refractivity contribution in [1.82, 2.24) is 10.2 Å². The van der Waals surface area contributed by atoms with E-state index in [9.17, 15) is 4.79 Å². The van der Waals surface area contributed by atoms with E-state index in [2.05, 4.69) is 16.4 Å². The van der Waals surface area contributed by atoms with Gasteiger partial charge in [-0.3, -0.25) is 4.79 Å². The second kappa shape index (κ2) is 6.84. The summed E-state index contributed by atoms with van der Waals surface area (Å²) in [4.78, 5) is 14.1. The minimum atomic E-state index is -0.0149. The van der Waals surface area contributed by atoms with Crippen molar-refractivity contribution in [2.45, 2.75) is 19.3 Å². The zero-order chi connectivity index (χ0) is 12.6. The molecule has 0 spiro atoms. The monoisotopic (exact) mass is 244 g/mol. The molecule has 1 N–H and O–H groups in total. The maximum Gasteiger partial charge on any atom is 0.251 e. The summed E-state index contributed by atoms with van der Waals surface area (Å²) in [6.45, 7) is 2.87. The van der Waals surface area contributed by atoms with Crippen LogP contribution >= 0.6 is 0 Å². The molecule has 2 rings (SSSR count). The number of nitrogens with zero attached hydrogens (tertiary/aromatic N) is 1. The van der Waals surface area contributed by atoms with Gasteiger partial charge in [-0.1, -0.05) is 18.2 Å². The Morgan fingerprint density at radius 3 is 2.61 bits per heavy atom. The molecule has 1 aliphatic heterocycles. The summed E-state index contributed by atoms with van der Waals surface area (Å²) >= 11 is 0. The highest BCUT2D eigenvalue weighted by Gasteiger charge is 2.05. The Kier molecular flexibility index (Phi) is 4.82. The van der Waals surface area contributed by atoms with Gasteiger partial charge in [0, 0.05) is 25.2 Å². The number of likely N-dealkylation sites (tertiary alicyclic amines) is 1. The van der Waals surface area contributed by atoms with Gasteiger partial charge in [0.05, 0.1) is 0 Å². The number of hydrogen-bond donors (Lipinski definition) is 1. The second-order valence-corrected chi connectivity index (χ2v) is 4.56. The minimum absolute atomic E-state index is 0.0149. The molecule has 0 bridgehead atoms. The lowest BCUT2D eigenvalue weighted by atomic mass is 10.1. The number of rotatable bonds is 4. The van der Waals surface area contributed by atoms with E-state index in [1.165, 1.54) is 19.3 Å². The van der Waals surface area contributed by atoms with Gasteiger partial charge in [0.2, 0.25) is 0 Å². The van der Waals surface area contributed by atoms with Gasteiger partial charge >= 0.3 is 0 Å². The van der Waals surface area contributed by atoms with Crippen molar-refractivity contribution < 1.29 is 4.79 Å². The van der Waals surface area contributed by atoms with Crippen molar-refractivity contribution in [3.63, 3.8) is 0 Å². The fourth-order valence-electron chi connectivity index (χ4n) is 2.11. The lowest BCUT2D eigenvalue weighted by Gasteiger charge is -2.24. The molecule has 0 atom stereocenters. The van der Waals surface area contributed by atoms with E-state index in [1.807, 2.05) is 36.4 Å². The van der Waals surface area contributed by atoms with E-state index in [4.69, 9.17) is 0 Å². The molecular formula is C15H20N2O. The lowest BCUT2D eigenvalue weighted by Crippen LogP contribution is -2.26. The maximum atomic E-state index is 11.7. The topological polar surface area (TPSA) is 32.3 Å². The van der Waals surface area contributed by atoms with Crippen molar-refractivity contribution >= 4 is 5.91 Å². The summed E-state index contributed by atoms with van der Waals surface area (Å²) in [6, 6.07) is 9.30. The zero-order valence-electron chi connectivity index (χ0n) is 10.6. The Morgan fingerprint density at radius 2 is 1.89 bits per heavy atom. The molecule has 3 heteroatoms. The average molecular weight is 244 g/mol. The lowest BCUT2D eigenvalue weighted by molar-refractivity contribution is 0.0958. The Bertz CT molecular complexity index is 394. The maximum absolute atomic E-state index is 11.7. The molecule has 0 aliphatic carbocycles. The molecule has 96 valence electrons. The van der Waals surface area contributed by atoms with Crippen LogP contribution in [0.5, 0.6) is 0 Å². The van der Waals surface area contributed by atoms with Crippen LogP contribution in [0.3, 0.4) is 0 Å². The molecule has 0 unspecified atom stereocenters. The molecule has 0 saturated carbocycles. The van der Waals surface area contributed by atoms with Gasteiger partial charge in [-0.05, 0) is 43.7 Å². The van der Waals surface area contributed by atoms with Crippen LogP contribution in [0.4, 0.5) is 0 Å². The summed E-state index contributed by atoms with van der Waals surface area (Å²) in [5.41, 5.74) is 0.712. The predicted molar refractivity (Wildman–Crippen MR) is 73.3 cm³/mol. The molecule has 1 fully saturated rings. The number of benzene rings is 1. The first-order valence-corrected chi connectivity index (χ1v) is 6.60. The van der Waals surface area contributed by atoms with Crippen molar-refractivity contribution in [2.24, 2.45) is 0 Å². The van der Waals surface area contributed by atoms with Crippen LogP contribution in [-0.4, -0.2) is 30.4 Å². The summed E-state index contributed by atoms with van der Waals surface area (Å²) < 4.78 is 0. The first-order chi connectivity index (χ1) is 8.86. The van der Waals surface area contributed by atoms with Crippen LogP contribution in [0.15, 0.2) is 42.6 Å². The zero-order valence-corrected chi connectivity index (χ0v) is 10.6. The van der Waals surface area contributed by atoms with Crippen LogP contribution < -0.4 is 5.32 Å². The van der Waals surface area contributed by atoms with E-state index in [0.717, 1.165) is 13.1 Å². The molecule has 18 heavy (non-hydrogen) atoms. The number of piperidine rings is 1. The highest BCUT2D eigenvalue weighted by Crippen LogP contribution is 2.08. The number of carbonyl (C=O) groups is 1. The van der Waals surface area contributed by atoms with Crippen molar-refractivity contribution in [1.29, 1.82) is 0 Å². The molecule has 1 aliphatic rings. The Morgan fingerprint density at radius 1 is 1.17 bits per heavy atom. The van der Waals surface area contributed by atoms with Gasteiger partial charge < -0.3 is 10.2 Å². The first-order valence-electron chi connectivity index (χ1n) is 6.60. The Labute approximate surface area is 108 Å². The van der Waals surface area contributed by atoms with Crippen LogP contribution in [0.1, 0.15) is 29.6 Å². The van der Waals surface area contributed by atoms with E-state index in [0.29, 0.717) is 12.1 Å². The van der Waals surface area contributed by atoms with E-state index < -0.39 is 0 Å². The van der Waals surface area contributed by atoms with Gasteiger partial charge in [-0.15, -0.1) is 0 Å². The molecular weight excluding hydrogens is 224 g/mol. The van der Waals surface area contributed by atoms with Crippen molar-refractivity contribution in [2.75, 3.05) is 19.6 Å². The molecule has 1 saturated heterocycles. The summed E-state index contributed by atoms with van der Waals surface area (Å²) in [7, 11) is 0. The third-order valence-corrected chi connectivity index (χ3v) is 3.12. The van der Waals surface area contributed by atoms with E-state index >= 15 is 0 Å². The van der Waals surface area contributed by atoms with E-state index in [1.54, 1.807) is 0 Å². The fourth-order valence-corrected chi connectivity index (χ4v) is 2.11. The third kappa shape index (κ3) is 3.91. The first kappa shape index (κ1) is 12.7. The Balaban J connectivity index is 1.71. The summed E-state index contributed by atoms with van der Waals surface area (Å²) in [5, 5.41) is 2.89. The Hall–Kier alpha value is -1.77. The quantitative estimate of drug-likeness (QED) is 0.882. The van der Waals surface area contributed by atoms with Gasteiger partial charge in [-0.25, -0.2) is 0 Å². The number of carbonyl (C=O) groups excluding carboxylic acids is 1. The molecule has 0 radical (unpaired) electrons. The smallest absolute Gasteiger partial charge is 0.251 e. The summed E-state index contributed by atoms with van der Waals surface area (Å²) in [6.07, 6.45) is 8.02.